The van der Waals surface area contributed by atoms with Gasteiger partial charge in [-0.25, -0.2) is 9.59 Å². The first-order valence-corrected chi connectivity index (χ1v) is 10.1. The predicted octanol–water partition coefficient (Wildman–Crippen LogP) is 4.28. The molecule has 0 fully saturated rings. The molecule has 2 aromatic carbocycles. The van der Waals surface area contributed by atoms with Crippen LogP contribution in [0.3, 0.4) is 0 Å². The van der Waals surface area contributed by atoms with E-state index in [0.717, 1.165) is 11.1 Å². The van der Waals surface area contributed by atoms with E-state index in [2.05, 4.69) is 4.98 Å². The van der Waals surface area contributed by atoms with Crippen molar-refractivity contribution in [3.63, 3.8) is 0 Å². The Morgan fingerprint density at radius 1 is 0.969 bits per heavy atom. The van der Waals surface area contributed by atoms with Gasteiger partial charge in [0, 0.05) is 11.3 Å². The molecular weight excluding hydrogens is 410 g/mol. The van der Waals surface area contributed by atoms with Crippen LogP contribution in [0.15, 0.2) is 54.6 Å². The molecule has 3 aromatic rings. The molecule has 166 valence electrons. The Morgan fingerprint density at radius 2 is 1.62 bits per heavy atom. The van der Waals surface area contributed by atoms with Crippen LogP contribution in [0.5, 0.6) is 5.75 Å². The summed E-state index contributed by atoms with van der Waals surface area (Å²) < 4.78 is 15.7. The number of rotatable bonds is 8. The van der Waals surface area contributed by atoms with E-state index >= 15 is 0 Å². The SMILES string of the molecule is COC(=O)c1c(C)[nH]c(C(=O)C(C)OC(=O)COc2ccccc2-c2ccccc2)c1C. The summed E-state index contributed by atoms with van der Waals surface area (Å²) in [5, 5.41) is 0. The molecule has 7 nitrogen and oxygen atoms in total. The third kappa shape index (κ3) is 4.88. The minimum absolute atomic E-state index is 0.207. The van der Waals surface area contributed by atoms with Crippen molar-refractivity contribution >= 4 is 17.7 Å². The molecule has 1 unspecified atom stereocenters. The smallest absolute Gasteiger partial charge is 0.344 e. The average Bonchev–Trinajstić information content (AvgIpc) is 3.11. The predicted molar refractivity (Wildman–Crippen MR) is 119 cm³/mol. The van der Waals surface area contributed by atoms with Gasteiger partial charge in [-0.05, 0) is 38.0 Å². The number of aromatic nitrogens is 1. The highest BCUT2D eigenvalue weighted by atomic mass is 16.6. The van der Waals surface area contributed by atoms with Crippen LogP contribution in [0.2, 0.25) is 0 Å². The number of carbonyl (C=O) groups is 3. The number of ketones is 1. The second-order valence-electron chi connectivity index (χ2n) is 7.26. The van der Waals surface area contributed by atoms with Crippen LogP contribution < -0.4 is 4.74 Å². The minimum atomic E-state index is -1.06. The van der Waals surface area contributed by atoms with Crippen molar-refractivity contribution in [1.29, 1.82) is 0 Å². The summed E-state index contributed by atoms with van der Waals surface area (Å²) in [4.78, 5) is 40.0. The fraction of sp³-hybridized carbons (Fsp3) is 0.240. The number of benzene rings is 2. The lowest BCUT2D eigenvalue weighted by Crippen LogP contribution is -2.28. The number of esters is 2. The number of ether oxygens (including phenoxy) is 3. The highest BCUT2D eigenvalue weighted by molar-refractivity contribution is 6.04. The molecule has 0 saturated carbocycles. The second kappa shape index (κ2) is 9.96. The zero-order valence-corrected chi connectivity index (χ0v) is 18.4. The largest absolute Gasteiger partial charge is 0.481 e. The Labute approximate surface area is 186 Å². The van der Waals surface area contributed by atoms with Crippen molar-refractivity contribution in [3.05, 3.63) is 77.1 Å². The van der Waals surface area contributed by atoms with E-state index in [0.29, 0.717) is 22.6 Å². The van der Waals surface area contributed by atoms with Crippen molar-refractivity contribution in [3.8, 4) is 16.9 Å². The Morgan fingerprint density at radius 3 is 2.31 bits per heavy atom. The number of Topliss-reactive ketones (excluding diaryl/α,β-unsaturated/α-hetero) is 1. The van der Waals surface area contributed by atoms with Crippen molar-refractivity contribution in [2.45, 2.75) is 26.9 Å². The fourth-order valence-electron chi connectivity index (χ4n) is 3.48. The van der Waals surface area contributed by atoms with Crippen molar-refractivity contribution in [2.24, 2.45) is 0 Å². The first-order chi connectivity index (χ1) is 15.3. The molecule has 1 heterocycles. The fourth-order valence-corrected chi connectivity index (χ4v) is 3.48. The zero-order chi connectivity index (χ0) is 23.3. The molecule has 1 atom stereocenters. The number of aryl methyl sites for hydroxylation is 1. The molecule has 32 heavy (non-hydrogen) atoms. The van der Waals surface area contributed by atoms with Gasteiger partial charge in [-0.1, -0.05) is 48.5 Å². The Balaban J connectivity index is 1.65. The zero-order valence-electron chi connectivity index (χ0n) is 18.4. The van der Waals surface area contributed by atoms with Crippen LogP contribution in [-0.4, -0.2) is 42.5 Å². The molecule has 0 bridgehead atoms. The minimum Gasteiger partial charge on any atom is -0.481 e. The van der Waals surface area contributed by atoms with Gasteiger partial charge in [-0.15, -0.1) is 0 Å². The summed E-state index contributed by atoms with van der Waals surface area (Å²) in [7, 11) is 1.27. The Hall–Kier alpha value is -3.87. The molecule has 1 N–H and O–H groups in total. The number of nitrogens with one attached hydrogen (secondary N) is 1. The van der Waals surface area contributed by atoms with Gasteiger partial charge in [0.1, 0.15) is 5.75 Å². The first-order valence-electron chi connectivity index (χ1n) is 10.1. The van der Waals surface area contributed by atoms with E-state index in [-0.39, 0.29) is 12.3 Å². The summed E-state index contributed by atoms with van der Waals surface area (Å²) in [6.07, 6.45) is -1.06. The van der Waals surface area contributed by atoms with Crippen LogP contribution in [0.25, 0.3) is 11.1 Å². The molecule has 7 heteroatoms. The Kier molecular flexibility index (Phi) is 7.10. The molecule has 0 saturated heterocycles. The maximum absolute atomic E-state index is 12.8. The molecule has 0 aliphatic rings. The molecular formula is C25H25NO6. The summed E-state index contributed by atoms with van der Waals surface area (Å²) in [6.45, 7) is 4.44. The van der Waals surface area contributed by atoms with Crippen LogP contribution in [-0.2, 0) is 14.3 Å². The quantitative estimate of drug-likeness (QED) is 0.419. The van der Waals surface area contributed by atoms with E-state index in [9.17, 15) is 14.4 Å². The molecule has 0 spiro atoms. The van der Waals surface area contributed by atoms with Gasteiger partial charge in [0.15, 0.2) is 12.7 Å². The first kappa shape index (κ1) is 22.8. The highest BCUT2D eigenvalue weighted by Crippen LogP contribution is 2.29. The molecule has 0 aliphatic heterocycles. The standard InChI is InChI=1S/C25H25NO6/c1-15-22(25(29)30-4)16(2)26-23(15)24(28)17(3)32-21(27)14-31-20-13-9-8-12-19(20)18-10-6-5-7-11-18/h5-13,17,26H,14H2,1-4H3. The normalized spacial score (nSPS) is 11.5. The molecule has 0 radical (unpaired) electrons. The van der Waals surface area contributed by atoms with Gasteiger partial charge >= 0.3 is 11.9 Å². The number of hydrogen-bond acceptors (Lipinski definition) is 6. The monoisotopic (exact) mass is 435 g/mol. The topological polar surface area (TPSA) is 94.7 Å². The van der Waals surface area contributed by atoms with Gasteiger partial charge in [-0.2, -0.15) is 0 Å². The number of H-pyrrole nitrogens is 1. The van der Waals surface area contributed by atoms with Crippen LogP contribution in [0.4, 0.5) is 0 Å². The van der Waals surface area contributed by atoms with Crippen LogP contribution in [0, 0.1) is 13.8 Å². The van der Waals surface area contributed by atoms with Crippen LogP contribution >= 0.6 is 0 Å². The number of aromatic amines is 1. The van der Waals surface area contributed by atoms with Gasteiger partial charge in [-0.3, -0.25) is 4.79 Å². The second-order valence-corrected chi connectivity index (χ2v) is 7.26. The highest BCUT2D eigenvalue weighted by Gasteiger charge is 2.27. The van der Waals surface area contributed by atoms with Crippen molar-refractivity contribution in [1.82, 2.24) is 4.98 Å². The molecule has 0 amide bonds. The maximum atomic E-state index is 12.8. The third-order valence-corrected chi connectivity index (χ3v) is 5.07. The number of para-hydroxylation sites is 1. The third-order valence-electron chi connectivity index (χ3n) is 5.07. The Bertz CT molecular complexity index is 1130. The van der Waals surface area contributed by atoms with Crippen LogP contribution in [0.1, 0.15) is 39.0 Å². The van der Waals surface area contributed by atoms with Crippen molar-refractivity contribution in [2.75, 3.05) is 13.7 Å². The van der Waals surface area contributed by atoms with Gasteiger partial charge < -0.3 is 19.2 Å². The van der Waals surface area contributed by atoms with E-state index in [1.54, 1.807) is 19.9 Å². The summed E-state index contributed by atoms with van der Waals surface area (Å²) in [6, 6.07) is 17.0. The van der Waals surface area contributed by atoms with E-state index in [1.807, 2.05) is 48.5 Å². The van der Waals surface area contributed by atoms with E-state index < -0.39 is 23.8 Å². The lowest BCUT2D eigenvalue weighted by atomic mass is 10.1. The number of hydrogen-bond donors (Lipinski definition) is 1. The lowest BCUT2D eigenvalue weighted by Gasteiger charge is -2.14. The molecule has 1 aromatic heterocycles. The van der Waals surface area contributed by atoms with Gasteiger partial charge in [0.05, 0.1) is 18.4 Å². The number of carbonyl (C=O) groups excluding carboxylic acids is 3. The summed E-state index contributed by atoms with van der Waals surface area (Å²) in [5.41, 5.74) is 3.28. The van der Waals surface area contributed by atoms with Crippen molar-refractivity contribution < 1.29 is 28.6 Å². The molecule has 3 rings (SSSR count). The van der Waals surface area contributed by atoms with Gasteiger partial charge in [0.2, 0.25) is 5.78 Å². The number of methoxy groups -OCH3 is 1. The average molecular weight is 435 g/mol. The molecule has 0 aliphatic carbocycles. The van der Waals surface area contributed by atoms with Gasteiger partial charge in [0.25, 0.3) is 0 Å². The van der Waals surface area contributed by atoms with E-state index in [1.165, 1.54) is 14.0 Å². The van der Waals surface area contributed by atoms with E-state index in [4.69, 9.17) is 14.2 Å². The summed E-state index contributed by atoms with van der Waals surface area (Å²) in [5.74, 6) is -1.12. The lowest BCUT2D eigenvalue weighted by molar-refractivity contribution is -0.148. The summed E-state index contributed by atoms with van der Waals surface area (Å²) >= 11 is 0. The maximum Gasteiger partial charge on any atom is 0.344 e.